The number of anilines is 1. The van der Waals surface area contributed by atoms with Gasteiger partial charge in [-0.15, -0.1) is 0 Å². The summed E-state index contributed by atoms with van der Waals surface area (Å²) < 4.78 is 0. The SMILES string of the molecule is CC1(C)N/C(=C/C(=N)C#N)Nc2ccccc21. The van der Waals surface area contributed by atoms with Gasteiger partial charge in [0.15, 0.2) is 0 Å². The van der Waals surface area contributed by atoms with E-state index in [1.165, 1.54) is 11.6 Å². The second-order valence-corrected chi connectivity index (χ2v) is 4.50. The Hall–Kier alpha value is -2.28. The van der Waals surface area contributed by atoms with Gasteiger partial charge in [0.1, 0.15) is 17.6 Å². The number of nitrogens with zero attached hydrogens (tertiary/aromatic N) is 1. The summed E-state index contributed by atoms with van der Waals surface area (Å²) in [7, 11) is 0. The van der Waals surface area contributed by atoms with Crippen LogP contribution in [0, 0.1) is 16.7 Å². The minimum atomic E-state index is -0.219. The Morgan fingerprint density at radius 1 is 1.41 bits per heavy atom. The maximum Gasteiger partial charge on any atom is 0.135 e. The van der Waals surface area contributed by atoms with Crippen LogP contribution in [0.3, 0.4) is 0 Å². The molecule has 0 amide bonds. The van der Waals surface area contributed by atoms with Crippen molar-refractivity contribution in [2.24, 2.45) is 0 Å². The average Bonchev–Trinajstić information content (AvgIpc) is 2.28. The van der Waals surface area contributed by atoms with E-state index >= 15 is 0 Å². The van der Waals surface area contributed by atoms with Crippen LogP contribution in [0.1, 0.15) is 19.4 Å². The Morgan fingerprint density at radius 3 is 2.82 bits per heavy atom. The summed E-state index contributed by atoms with van der Waals surface area (Å²) in [4.78, 5) is 0. The first-order valence-corrected chi connectivity index (χ1v) is 5.38. The van der Waals surface area contributed by atoms with Crippen LogP contribution in [0.5, 0.6) is 0 Å². The van der Waals surface area contributed by atoms with Gasteiger partial charge in [0.05, 0.1) is 5.54 Å². The summed E-state index contributed by atoms with van der Waals surface area (Å²) in [6, 6.07) is 9.79. The zero-order chi connectivity index (χ0) is 12.5. The monoisotopic (exact) mass is 226 g/mol. The molecule has 0 saturated heterocycles. The van der Waals surface area contributed by atoms with Gasteiger partial charge in [0.25, 0.3) is 0 Å². The van der Waals surface area contributed by atoms with Crippen LogP contribution >= 0.6 is 0 Å². The van der Waals surface area contributed by atoms with E-state index in [-0.39, 0.29) is 11.3 Å². The van der Waals surface area contributed by atoms with Gasteiger partial charge >= 0.3 is 0 Å². The Labute approximate surface area is 100 Å². The van der Waals surface area contributed by atoms with Gasteiger partial charge in [-0.05, 0) is 19.9 Å². The second kappa shape index (κ2) is 3.95. The molecule has 0 unspecified atom stereocenters. The average molecular weight is 226 g/mol. The van der Waals surface area contributed by atoms with Crippen molar-refractivity contribution in [2.75, 3.05) is 5.32 Å². The van der Waals surface area contributed by atoms with Crippen molar-refractivity contribution >= 4 is 11.4 Å². The lowest BCUT2D eigenvalue weighted by atomic mass is 9.90. The summed E-state index contributed by atoms with van der Waals surface area (Å²) >= 11 is 0. The normalized spacial score (nSPS) is 18.5. The summed E-state index contributed by atoms with van der Waals surface area (Å²) in [6.45, 7) is 4.13. The number of benzene rings is 1. The number of nitrogens with one attached hydrogen (secondary N) is 3. The molecule has 1 aliphatic heterocycles. The van der Waals surface area contributed by atoms with E-state index in [9.17, 15) is 0 Å². The van der Waals surface area contributed by atoms with Gasteiger partial charge in [0, 0.05) is 17.3 Å². The van der Waals surface area contributed by atoms with E-state index in [1.54, 1.807) is 6.07 Å². The number of fused-ring (bicyclic) bond motifs is 1. The Balaban J connectivity index is 2.42. The highest BCUT2D eigenvalue weighted by atomic mass is 15.2. The predicted molar refractivity (Wildman–Crippen MR) is 67.6 cm³/mol. The highest BCUT2D eigenvalue weighted by Gasteiger charge is 2.28. The fourth-order valence-electron chi connectivity index (χ4n) is 1.97. The lowest BCUT2D eigenvalue weighted by Gasteiger charge is -2.36. The zero-order valence-electron chi connectivity index (χ0n) is 9.83. The van der Waals surface area contributed by atoms with Crippen LogP contribution in [0.4, 0.5) is 5.69 Å². The summed E-state index contributed by atoms with van der Waals surface area (Å²) in [6.07, 6.45) is 1.50. The van der Waals surface area contributed by atoms with Crippen molar-refractivity contribution in [3.63, 3.8) is 0 Å². The lowest BCUT2D eigenvalue weighted by Crippen LogP contribution is -2.42. The minimum Gasteiger partial charge on any atom is -0.363 e. The zero-order valence-corrected chi connectivity index (χ0v) is 9.83. The molecule has 1 aromatic rings. The number of rotatable bonds is 1. The molecule has 17 heavy (non-hydrogen) atoms. The van der Waals surface area contributed by atoms with Gasteiger partial charge < -0.3 is 10.6 Å². The van der Waals surface area contributed by atoms with Crippen molar-refractivity contribution in [2.45, 2.75) is 19.4 Å². The van der Waals surface area contributed by atoms with Crippen LogP contribution in [-0.2, 0) is 5.54 Å². The first-order chi connectivity index (χ1) is 8.03. The molecule has 0 atom stereocenters. The van der Waals surface area contributed by atoms with E-state index in [1.807, 2.05) is 18.2 Å². The molecule has 0 bridgehead atoms. The van der Waals surface area contributed by atoms with Crippen LogP contribution in [0.15, 0.2) is 36.2 Å². The third-order valence-corrected chi connectivity index (χ3v) is 2.73. The summed E-state index contributed by atoms with van der Waals surface area (Å²) in [5.74, 6) is 0.681. The first-order valence-electron chi connectivity index (χ1n) is 5.38. The number of nitriles is 1. The quantitative estimate of drug-likeness (QED) is 0.643. The molecule has 2 rings (SSSR count). The molecule has 4 heteroatoms. The summed E-state index contributed by atoms with van der Waals surface area (Å²) in [5.41, 5.74) is 1.88. The standard InChI is InChI=1S/C13H14N4/c1-13(2)10-5-3-4-6-11(10)16-12(17-13)7-9(15)8-14/h3-7,15-17H,1-2H3/b12-7+,15-9?. The molecule has 1 heterocycles. The van der Waals surface area contributed by atoms with Gasteiger partial charge in [-0.3, -0.25) is 5.41 Å². The van der Waals surface area contributed by atoms with E-state index in [4.69, 9.17) is 10.7 Å². The number of hydrogen-bond acceptors (Lipinski definition) is 4. The van der Waals surface area contributed by atoms with Gasteiger partial charge in [-0.25, -0.2) is 0 Å². The number of para-hydroxylation sites is 1. The largest absolute Gasteiger partial charge is 0.363 e. The minimum absolute atomic E-state index is 0.0739. The van der Waals surface area contributed by atoms with E-state index in [0.717, 1.165) is 5.69 Å². The molecular formula is C13H14N4. The number of hydrogen-bond donors (Lipinski definition) is 3. The molecule has 1 aliphatic rings. The van der Waals surface area contributed by atoms with Crippen molar-refractivity contribution < 1.29 is 0 Å². The third-order valence-electron chi connectivity index (χ3n) is 2.73. The van der Waals surface area contributed by atoms with Crippen LogP contribution < -0.4 is 10.6 Å². The fourth-order valence-corrected chi connectivity index (χ4v) is 1.97. The first kappa shape index (κ1) is 11.2. The molecule has 4 nitrogen and oxygen atoms in total. The fraction of sp³-hybridized carbons (Fsp3) is 0.231. The van der Waals surface area contributed by atoms with E-state index in [2.05, 4.69) is 30.5 Å². The Bertz CT molecular complexity index is 535. The van der Waals surface area contributed by atoms with Crippen molar-refractivity contribution in [3.8, 4) is 6.07 Å². The molecular weight excluding hydrogens is 212 g/mol. The van der Waals surface area contributed by atoms with Crippen LogP contribution in [-0.4, -0.2) is 5.71 Å². The van der Waals surface area contributed by atoms with E-state index in [0.29, 0.717) is 5.82 Å². The maximum absolute atomic E-state index is 8.62. The molecule has 3 N–H and O–H groups in total. The molecule has 0 radical (unpaired) electrons. The lowest BCUT2D eigenvalue weighted by molar-refractivity contribution is 0.441. The van der Waals surface area contributed by atoms with Crippen molar-refractivity contribution in [3.05, 3.63) is 41.7 Å². The highest BCUT2D eigenvalue weighted by Crippen LogP contribution is 2.32. The smallest absolute Gasteiger partial charge is 0.135 e. The Morgan fingerprint density at radius 2 is 2.12 bits per heavy atom. The number of allylic oxidation sites excluding steroid dienone is 1. The molecule has 0 aliphatic carbocycles. The molecule has 0 fully saturated rings. The molecule has 0 aromatic heterocycles. The molecule has 0 spiro atoms. The van der Waals surface area contributed by atoms with Crippen molar-refractivity contribution in [1.29, 1.82) is 10.7 Å². The molecule has 1 aromatic carbocycles. The highest BCUT2D eigenvalue weighted by molar-refractivity contribution is 6.05. The second-order valence-electron chi connectivity index (χ2n) is 4.50. The van der Waals surface area contributed by atoms with Crippen LogP contribution in [0.2, 0.25) is 0 Å². The molecule has 0 saturated carbocycles. The van der Waals surface area contributed by atoms with Gasteiger partial charge in [-0.1, -0.05) is 18.2 Å². The Kier molecular flexibility index (Phi) is 2.60. The predicted octanol–water partition coefficient (Wildman–Crippen LogP) is 2.32. The topological polar surface area (TPSA) is 71.7 Å². The van der Waals surface area contributed by atoms with E-state index < -0.39 is 0 Å². The van der Waals surface area contributed by atoms with Crippen LogP contribution in [0.25, 0.3) is 0 Å². The summed E-state index contributed by atoms with van der Waals surface area (Å²) in [5, 5.41) is 22.4. The molecule has 86 valence electrons. The third kappa shape index (κ3) is 2.13. The maximum atomic E-state index is 8.62. The van der Waals surface area contributed by atoms with Gasteiger partial charge in [0.2, 0.25) is 0 Å². The van der Waals surface area contributed by atoms with Crippen molar-refractivity contribution in [1.82, 2.24) is 5.32 Å². The van der Waals surface area contributed by atoms with Gasteiger partial charge in [-0.2, -0.15) is 5.26 Å².